The first kappa shape index (κ1) is 21.2. The van der Waals surface area contributed by atoms with E-state index in [9.17, 15) is 4.79 Å². The van der Waals surface area contributed by atoms with Crippen LogP contribution < -0.4 is 15.5 Å². The lowest BCUT2D eigenvalue weighted by atomic mass is 10.0. The quantitative estimate of drug-likeness (QED) is 0.577. The highest BCUT2D eigenvalue weighted by Crippen LogP contribution is 2.38. The summed E-state index contributed by atoms with van der Waals surface area (Å²) in [6.07, 6.45) is 2.63. The summed E-state index contributed by atoms with van der Waals surface area (Å²) in [5.41, 5.74) is 6.46. The number of aryl methyl sites for hydroxylation is 2. The molecule has 1 aliphatic heterocycles. The van der Waals surface area contributed by atoms with Gasteiger partial charge in [-0.2, -0.15) is 0 Å². The maximum Gasteiger partial charge on any atom is 0.240 e. The van der Waals surface area contributed by atoms with Crippen molar-refractivity contribution in [2.45, 2.75) is 49.6 Å². The van der Waals surface area contributed by atoms with E-state index >= 15 is 0 Å². The number of fused-ring (bicyclic) bond motifs is 1. The van der Waals surface area contributed by atoms with Gasteiger partial charge in [-0.05, 0) is 42.2 Å². The standard InChI is InChI=1S/C23H27N5O2S/c1-4-8-19-25-26-23-28(19)27-20(16-11-13-17(30-3)14-12-16)21(31-23)22(29)24-18-10-7-6-9-15(18)5-2/h6-7,9-14,20-21,27H,4-5,8H2,1-3H3,(H,24,29)/t20-,21-/m1/s1. The number of hydrogen-bond acceptors (Lipinski definition) is 6. The number of amides is 1. The number of hydrogen-bond donors (Lipinski definition) is 2. The fourth-order valence-corrected chi connectivity index (χ4v) is 4.80. The lowest BCUT2D eigenvalue weighted by Gasteiger charge is -2.33. The number of nitrogens with one attached hydrogen (secondary N) is 2. The Balaban J connectivity index is 1.67. The molecule has 1 aliphatic rings. The van der Waals surface area contributed by atoms with Crippen LogP contribution in [0.5, 0.6) is 5.75 Å². The first-order valence-corrected chi connectivity index (χ1v) is 11.4. The summed E-state index contributed by atoms with van der Waals surface area (Å²) < 4.78 is 7.22. The molecule has 0 spiro atoms. The molecule has 0 saturated carbocycles. The van der Waals surface area contributed by atoms with E-state index in [4.69, 9.17) is 4.74 Å². The van der Waals surface area contributed by atoms with Crippen LogP contribution in [0, 0.1) is 0 Å². The van der Waals surface area contributed by atoms with E-state index in [0.717, 1.165) is 47.7 Å². The second-order valence-corrected chi connectivity index (χ2v) is 8.51. The molecule has 2 N–H and O–H groups in total. The third-order valence-corrected chi connectivity index (χ3v) is 6.58. The molecule has 3 aromatic rings. The molecular formula is C23H27N5O2S. The predicted molar refractivity (Wildman–Crippen MR) is 123 cm³/mol. The van der Waals surface area contributed by atoms with Crippen LogP contribution in [0.15, 0.2) is 53.7 Å². The number of nitrogens with zero attached hydrogens (tertiary/aromatic N) is 3. The molecule has 1 amide bonds. The first-order chi connectivity index (χ1) is 15.1. The smallest absolute Gasteiger partial charge is 0.240 e. The van der Waals surface area contributed by atoms with E-state index in [1.165, 1.54) is 11.8 Å². The fourth-order valence-electron chi connectivity index (χ4n) is 3.70. The Bertz CT molecular complexity index is 1050. The minimum Gasteiger partial charge on any atom is -0.497 e. The predicted octanol–water partition coefficient (Wildman–Crippen LogP) is 4.20. The van der Waals surface area contributed by atoms with Crippen molar-refractivity contribution in [2.24, 2.45) is 0 Å². The van der Waals surface area contributed by atoms with Gasteiger partial charge in [0.1, 0.15) is 11.0 Å². The number of benzene rings is 2. The average Bonchev–Trinajstić information content (AvgIpc) is 3.20. The van der Waals surface area contributed by atoms with Gasteiger partial charge in [0.05, 0.1) is 13.2 Å². The van der Waals surface area contributed by atoms with Crippen molar-refractivity contribution in [2.75, 3.05) is 17.9 Å². The summed E-state index contributed by atoms with van der Waals surface area (Å²) in [4.78, 5) is 13.4. The summed E-state index contributed by atoms with van der Waals surface area (Å²) in [5, 5.41) is 12.1. The summed E-state index contributed by atoms with van der Waals surface area (Å²) >= 11 is 1.44. The second kappa shape index (κ2) is 9.43. The van der Waals surface area contributed by atoms with Gasteiger partial charge in [0.15, 0.2) is 5.82 Å². The van der Waals surface area contributed by atoms with Crippen LogP contribution in [0.3, 0.4) is 0 Å². The highest BCUT2D eigenvalue weighted by atomic mass is 32.2. The third-order valence-electron chi connectivity index (χ3n) is 5.37. The van der Waals surface area contributed by atoms with Gasteiger partial charge in [-0.15, -0.1) is 10.2 Å². The number of carbonyl (C=O) groups excluding carboxylic acids is 1. The monoisotopic (exact) mass is 437 g/mol. The van der Waals surface area contributed by atoms with Crippen molar-refractivity contribution in [3.05, 3.63) is 65.5 Å². The van der Waals surface area contributed by atoms with Crippen molar-refractivity contribution < 1.29 is 9.53 Å². The van der Waals surface area contributed by atoms with Crippen LogP contribution in [0.2, 0.25) is 0 Å². The van der Waals surface area contributed by atoms with Crippen LogP contribution in [-0.2, 0) is 17.6 Å². The van der Waals surface area contributed by atoms with Crippen molar-refractivity contribution in [1.82, 2.24) is 14.9 Å². The SMILES string of the molecule is CCCc1nnc2n1N[C@H](c1ccc(OC)cc1)[C@H](C(=O)Nc1ccccc1CC)S2. The Hall–Kier alpha value is -3.00. The van der Waals surface area contributed by atoms with Crippen LogP contribution >= 0.6 is 11.8 Å². The lowest BCUT2D eigenvalue weighted by molar-refractivity contribution is -0.116. The minimum atomic E-state index is -0.413. The van der Waals surface area contributed by atoms with Crippen molar-refractivity contribution in [1.29, 1.82) is 0 Å². The number of methoxy groups -OCH3 is 1. The summed E-state index contributed by atoms with van der Waals surface area (Å²) in [5.74, 6) is 1.59. The first-order valence-electron chi connectivity index (χ1n) is 10.5. The Morgan fingerprint density at radius 1 is 1.16 bits per heavy atom. The van der Waals surface area contributed by atoms with Crippen LogP contribution in [0.1, 0.15) is 43.3 Å². The molecule has 31 heavy (non-hydrogen) atoms. The largest absolute Gasteiger partial charge is 0.497 e. The highest BCUT2D eigenvalue weighted by molar-refractivity contribution is 8.00. The maximum atomic E-state index is 13.4. The van der Waals surface area contributed by atoms with Gasteiger partial charge in [0, 0.05) is 12.1 Å². The lowest BCUT2D eigenvalue weighted by Crippen LogP contribution is -2.41. The van der Waals surface area contributed by atoms with Crippen LogP contribution in [0.4, 0.5) is 5.69 Å². The molecule has 0 unspecified atom stereocenters. The average molecular weight is 438 g/mol. The summed E-state index contributed by atoms with van der Waals surface area (Å²) in [6, 6.07) is 15.5. The van der Waals surface area contributed by atoms with Gasteiger partial charge in [0.2, 0.25) is 11.1 Å². The Labute approximate surface area is 186 Å². The number of aromatic nitrogens is 3. The number of thioether (sulfide) groups is 1. The topological polar surface area (TPSA) is 81.1 Å². The molecule has 0 radical (unpaired) electrons. The number of carbonyl (C=O) groups is 1. The molecular weight excluding hydrogens is 410 g/mol. The molecule has 2 aromatic carbocycles. The van der Waals surface area contributed by atoms with E-state index in [1.807, 2.05) is 53.2 Å². The molecule has 0 aliphatic carbocycles. The van der Waals surface area contributed by atoms with Gasteiger partial charge in [-0.3, -0.25) is 4.79 Å². The molecule has 2 atom stereocenters. The maximum absolute atomic E-state index is 13.4. The Morgan fingerprint density at radius 3 is 2.65 bits per heavy atom. The van der Waals surface area contributed by atoms with Crippen molar-refractivity contribution in [3.8, 4) is 5.75 Å². The highest BCUT2D eigenvalue weighted by Gasteiger charge is 2.38. The van der Waals surface area contributed by atoms with Crippen molar-refractivity contribution in [3.63, 3.8) is 0 Å². The van der Waals surface area contributed by atoms with E-state index in [1.54, 1.807) is 7.11 Å². The van der Waals surface area contributed by atoms with Gasteiger partial charge >= 0.3 is 0 Å². The van der Waals surface area contributed by atoms with Gasteiger partial charge in [0.25, 0.3) is 0 Å². The Kier molecular flexibility index (Phi) is 6.46. The number of ether oxygens (including phenoxy) is 1. The van der Waals surface area contributed by atoms with Gasteiger partial charge in [-0.1, -0.05) is 55.9 Å². The fraction of sp³-hybridized carbons (Fsp3) is 0.348. The van der Waals surface area contributed by atoms with E-state index in [2.05, 4.69) is 34.8 Å². The van der Waals surface area contributed by atoms with E-state index in [0.29, 0.717) is 5.16 Å². The molecule has 7 nitrogen and oxygen atoms in total. The summed E-state index contributed by atoms with van der Waals surface area (Å²) in [6.45, 7) is 4.19. The minimum absolute atomic E-state index is 0.0643. The zero-order valence-corrected chi connectivity index (χ0v) is 18.8. The Morgan fingerprint density at radius 2 is 1.94 bits per heavy atom. The third kappa shape index (κ3) is 4.39. The number of rotatable bonds is 7. The van der Waals surface area contributed by atoms with E-state index in [-0.39, 0.29) is 11.9 Å². The molecule has 0 saturated heterocycles. The molecule has 162 valence electrons. The molecule has 1 aromatic heterocycles. The van der Waals surface area contributed by atoms with Gasteiger partial charge in [-0.25, -0.2) is 4.68 Å². The normalized spacial score (nSPS) is 17.5. The molecule has 8 heteroatoms. The zero-order valence-electron chi connectivity index (χ0n) is 18.0. The molecule has 0 bridgehead atoms. The number of anilines is 1. The molecule has 4 rings (SSSR count). The summed E-state index contributed by atoms with van der Waals surface area (Å²) in [7, 11) is 1.64. The molecule has 0 fully saturated rings. The van der Waals surface area contributed by atoms with Crippen LogP contribution in [-0.4, -0.2) is 33.1 Å². The van der Waals surface area contributed by atoms with Crippen LogP contribution in [0.25, 0.3) is 0 Å². The molecule has 2 heterocycles. The van der Waals surface area contributed by atoms with Gasteiger partial charge < -0.3 is 15.5 Å². The second-order valence-electron chi connectivity index (χ2n) is 7.40. The number of para-hydroxylation sites is 1. The van der Waals surface area contributed by atoms with Crippen molar-refractivity contribution >= 4 is 23.4 Å². The van der Waals surface area contributed by atoms with E-state index < -0.39 is 5.25 Å². The zero-order chi connectivity index (χ0) is 21.8.